The van der Waals surface area contributed by atoms with E-state index in [0.717, 1.165) is 4.47 Å². The number of pyridine rings is 1. The van der Waals surface area contributed by atoms with Gasteiger partial charge in [-0.15, -0.1) is 0 Å². The fourth-order valence-corrected chi connectivity index (χ4v) is 1.72. The van der Waals surface area contributed by atoms with E-state index >= 15 is 0 Å². The van der Waals surface area contributed by atoms with E-state index in [1.165, 1.54) is 0 Å². The summed E-state index contributed by atoms with van der Waals surface area (Å²) < 4.78 is 0.787. The molecule has 1 aromatic carbocycles. The van der Waals surface area contributed by atoms with Crippen LogP contribution in [0.3, 0.4) is 0 Å². The number of fused-ring (bicyclic) bond motifs is 1. The monoisotopic (exact) mass is 264 g/mol. The third-order valence-corrected chi connectivity index (χ3v) is 2.55. The Hall–Kier alpha value is -1.80. The van der Waals surface area contributed by atoms with Gasteiger partial charge in [0.2, 0.25) is 0 Å². The molecule has 0 saturated heterocycles. The van der Waals surface area contributed by atoms with Crippen LogP contribution in [-0.4, -0.2) is 10.1 Å². The predicted molar refractivity (Wildman–Crippen MR) is 58.6 cm³/mol. The number of aromatic amines is 1. The van der Waals surface area contributed by atoms with Crippen molar-refractivity contribution in [1.29, 1.82) is 5.26 Å². The van der Waals surface area contributed by atoms with Crippen LogP contribution in [0.4, 0.5) is 0 Å². The number of H-pyrrole nitrogens is 1. The molecule has 1 heterocycles. The van der Waals surface area contributed by atoms with Gasteiger partial charge in [0.25, 0.3) is 5.56 Å². The van der Waals surface area contributed by atoms with Crippen LogP contribution in [-0.2, 0) is 0 Å². The maximum absolute atomic E-state index is 11.3. The fraction of sp³-hybridized carbons (Fsp3) is 0. The highest BCUT2D eigenvalue weighted by molar-refractivity contribution is 9.10. The van der Waals surface area contributed by atoms with Crippen molar-refractivity contribution in [1.82, 2.24) is 4.98 Å². The molecular formula is C10H5BrN2O2. The molecule has 0 spiro atoms. The largest absolute Gasteiger partial charge is 0.506 e. The van der Waals surface area contributed by atoms with Gasteiger partial charge in [-0.1, -0.05) is 15.9 Å². The summed E-state index contributed by atoms with van der Waals surface area (Å²) in [6.07, 6.45) is 0. The number of aromatic nitrogens is 1. The third kappa shape index (κ3) is 1.49. The Morgan fingerprint density at radius 2 is 2.20 bits per heavy atom. The lowest BCUT2D eigenvalue weighted by Gasteiger charge is -2.02. The minimum atomic E-state index is -0.583. The number of halogens is 1. The smallest absolute Gasteiger partial charge is 0.270 e. The average molecular weight is 265 g/mol. The highest BCUT2D eigenvalue weighted by Crippen LogP contribution is 2.26. The number of hydrogen-bond acceptors (Lipinski definition) is 3. The Balaban J connectivity index is 2.99. The second kappa shape index (κ2) is 3.41. The van der Waals surface area contributed by atoms with Crippen molar-refractivity contribution < 1.29 is 5.11 Å². The number of aromatic hydroxyl groups is 1. The van der Waals surface area contributed by atoms with Gasteiger partial charge in [-0.05, 0) is 18.2 Å². The number of benzene rings is 1. The predicted octanol–water partition coefficient (Wildman–Crippen LogP) is 1.87. The topological polar surface area (TPSA) is 76.9 Å². The molecule has 0 aliphatic carbocycles. The first-order chi connectivity index (χ1) is 7.13. The molecule has 0 fully saturated rings. The maximum atomic E-state index is 11.3. The van der Waals surface area contributed by atoms with Gasteiger partial charge in [-0.25, -0.2) is 0 Å². The van der Waals surface area contributed by atoms with Crippen LogP contribution in [0.25, 0.3) is 10.9 Å². The Labute approximate surface area is 92.9 Å². The lowest BCUT2D eigenvalue weighted by Crippen LogP contribution is -2.09. The standard InChI is InChI=1S/C10H5BrN2O2/c11-5-1-2-6-8(3-5)13-10(15)7(4-12)9(6)14/h1-3H,(H2,13,14,15). The van der Waals surface area contributed by atoms with Gasteiger partial charge in [0.15, 0.2) is 5.56 Å². The Kier molecular flexibility index (Phi) is 2.21. The summed E-state index contributed by atoms with van der Waals surface area (Å²) in [5.41, 5.74) is -0.351. The molecule has 0 aliphatic rings. The van der Waals surface area contributed by atoms with Crippen molar-refractivity contribution in [3.05, 3.63) is 38.6 Å². The maximum Gasteiger partial charge on any atom is 0.270 e. The van der Waals surface area contributed by atoms with Crippen molar-refractivity contribution in [2.24, 2.45) is 0 Å². The molecule has 2 aromatic rings. The molecular weight excluding hydrogens is 260 g/mol. The molecule has 0 amide bonds. The third-order valence-electron chi connectivity index (χ3n) is 2.06. The molecule has 0 saturated carbocycles. The lowest BCUT2D eigenvalue weighted by molar-refractivity contribution is 0.478. The quantitative estimate of drug-likeness (QED) is 0.763. The van der Waals surface area contributed by atoms with E-state index in [1.807, 2.05) is 0 Å². The summed E-state index contributed by atoms with van der Waals surface area (Å²) in [5, 5.41) is 18.8. The van der Waals surface area contributed by atoms with Gasteiger partial charge in [0.1, 0.15) is 11.8 Å². The van der Waals surface area contributed by atoms with Crippen LogP contribution in [0.5, 0.6) is 5.75 Å². The summed E-state index contributed by atoms with van der Waals surface area (Å²) in [5.74, 6) is -0.274. The van der Waals surface area contributed by atoms with E-state index in [2.05, 4.69) is 20.9 Å². The van der Waals surface area contributed by atoms with Crippen LogP contribution < -0.4 is 5.56 Å². The zero-order chi connectivity index (χ0) is 11.0. The van der Waals surface area contributed by atoms with E-state index in [4.69, 9.17) is 5.26 Å². The SMILES string of the molecule is N#Cc1c(O)c2ccc(Br)cc2[nH]c1=O. The van der Waals surface area contributed by atoms with E-state index < -0.39 is 5.56 Å². The first-order valence-electron chi connectivity index (χ1n) is 4.08. The number of nitrogens with one attached hydrogen (secondary N) is 1. The molecule has 2 N–H and O–H groups in total. The summed E-state index contributed by atoms with van der Waals surface area (Å²) in [6.45, 7) is 0. The van der Waals surface area contributed by atoms with Crippen molar-refractivity contribution in [3.63, 3.8) is 0 Å². The summed E-state index contributed by atoms with van der Waals surface area (Å²) >= 11 is 3.25. The van der Waals surface area contributed by atoms with Gasteiger partial charge in [0, 0.05) is 9.86 Å². The number of rotatable bonds is 0. The van der Waals surface area contributed by atoms with Crippen LogP contribution in [0.2, 0.25) is 0 Å². The molecule has 2 rings (SSSR count). The number of nitriles is 1. The molecule has 0 unspecified atom stereocenters. The minimum Gasteiger partial charge on any atom is -0.506 e. The highest BCUT2D eigenvalue weighted by atomic mass is 79.9. The van der Waals surface area contributed by atoms with E-state index in [-0.39, 0.29) is 11.3 Å². The minimum absolute atomic E-state index is 0.259. The molecule has 74 valence electrons. The van der Waals surface area contributed by atoms with Crippen molar-refractivity contribution >= 4 is 26.8 Å². The molecule has 0 bridgehead atoms. The van der Waals surface area contributed by atoms with Gasteiger partial charge in [0.05, 0.1) is 5.52 Å². The molecule has 0 atom stereocenters. The summed E-state index contributed by atoms with van der Waals surface area (Å²) in [4.78, 5) is 13.9. The van der Waals surface area contributed by atoms with Gasteiger partial charge in [-0.2, -0.15) is 5.26 Å². The van der Waals surface area contributed by atoms with E-state index in [1.54, 1.807) is 24.3 Å². The fourth-order valence-electron chi connectivity index (χ4n) is 1.36. The van der Waals surface area contributed by atoms with Crippen LogP contribution in [0, 0.1) is 11.3 Å². The summed E-state index contributed by atoms with van der Waals surface area (Å²) in [6, 6.07) is 6.68. The molecule has 5 heteroatoms. The highest BCUT2D eigenvalue weighted by Gasteiger charge is 2.10. The van der Waals surface area contributed by atoms with Gasteiger partial charge < -0.3 is 10.1 Å². The Morgan fingerprint density at radius 1 is 1.47 bits per heavy atom. The zero-order valence-corrected chi connectivity index (χ0v) is 9.00. The first kappa shape index (κ1) is 9.74. The Morgan fingerprint density at radius 3 is 2.87 bits per heavy atom. The first-order valence-corrected chi connectivity index (χ1v) is 4.87. The van der Waals surface area contributed by atoms with Crippen molar-refractivity contribution in [2.45, 2.75) is 0 Å². The van der Waals surface area contributed by atoms with E-state index in [0.29, 0.717) is 10.9 Å². The summed E-state index contributed by atoms with van der Waals surface area (Å²) in [7, 11) is 0. The Bertz CT molecular complexity index is 640. The molecule has 4 nitrogen and oxygen atoms in total. The van der Waals surface area contributed by atoms with Crippen molar-refractivity contribution in [2.75, 3.05) is 0 Å². The van der Waals surface area contributed by atoms with Crippen LogP contribution >= 0.6 is 15.9 Å². The van der Waals surface area contributed by atoms with E-state index in [9.17, 15) is 9.90 Å². The number of hydrogen-bond donors (Lipinski definition) is 2. The lowest BCUT2D eigenvalue weighted by atomic mass is 10.1. The second-order valence-corrected chi connectivity index (χ2v) is 3.90. The molecule has 15 heavy (non-hydrogen) atoms. The van der Waals surface area contributed by atoms with Gasteiger partial charge >= 0.3 is 0 Å². The zero-order valence-electron chi connectivity index (χ0n) is 7.41. The van der Waals surface area contributed by atoms with Crippen LogP contribution in [0.15, 0.2) is 27.5 Å². The number of nitrogens with zero attached hydrogens (tertiary/aromatic N) is 1. The normalized spacial score (nSPS) is 10.1. The van der Waals surface area contributed by atoms with Gasteiger partial charge in [-0.3, -0.25) is 4.79 Å². The molecule has 1 aromatic heterocycles. The van der Waals surface area contributed by atoms with Crippen molar-refractivity contribution in [3.8, 4) is 11.8 Å². The van der Waals surface area contributed by atoms with Crippen LogP contribution in [0.1, 0.15) is 5.56 Å². The molecule has 0 aliphatic heterocycles. The average Bonchev–Trinajstić information content (AvgIpc) is 2.17. The molecule has 0 radical (unpaired) electrons. The second-order valence-electron chi connectivity index (χ2n) is 2.98.